The molecule has 0 aliphatic rings. The first-order valence-corrected chi connectivity index (χ1v) is 6.21. The maximum absolute atomic E-state index is 9.25. The van der Waals surface area contributed by atoms with Crippen molar-refractivity contribution in [3.8, 4) is 0 Å². The summed E-state index contributed by atoms with van der Waals surface area (Å²) in [4.78, 5) is 8.81. The molecule has 1 aromatic rings. The zero-order valence-electron chi connectivity index (χ0n) is 11.2. The van der Waals surface area contributed by atoms with Crippen molar-refractivity contribution in [2.75, 3.05) is 6.61 Å². The van der Waals surface area contributed by atoms with E-state index in [1.807, 2.05) is 13.8 Å². The van der Waals surface area contributed by atoms with E-state index in [0.717, 1.165) is 18.4 Å². The summed E-state index contributed by atoms with van der Waals surface area (Å²) in [6, 6.07) is 0. The summed E-state index contributed by atoms with van der Waals surface area (Å²) < 4.78 is 5.85. The Morgan fingerprint density at radius 1 is 1.29 bits per heavy atom. The average molecular weight is 238 g/mol. The van der Waals surface area contributed by atoms with E-state index in [0.29, 0.717) is 18.1 Å². The average Bonchev–Trinajstić information content (AvgIpc) is 2.37. The van der Waals surface area contributed by atoms with Crippen LogP contribution >= 0.6 is 0 Å². The molecule has 0 aliphatic heterocycles. The SMILES string of the molecule is CCOC(CC)(CC)c1ncc(C)c(CO)n1. The van der Waals surface area contributed by atoms with Gasteiger partial charge in [0.1, 0.15) is 5.60 Å². The summed E-state index contributed by atoms with van der Waals surface area (Å²) in [5.41, 5.74) is 1.17. The maximum Gasteiger partial charge on any atom is 0.160 e. The van der Waals surface area contributed by atoms with Gasteiger partial charge in [-0.2, -0.15) is 0 Å². The van der Waals surface area contributed by atoms with E-state index >= 15 is 0 Å². The van der Waals surface area contributed by atoms with Crippen LogP contribution < -0.4 is 0 Å². The van der Waals surface area contributed by atoms with Crippen molar-refractivity contribution in [3.63, 3.8) is 0 Å². The van der Waals surface area contributed by atoms with Crippen LogP contribution in [0.25, 0.3) is 0 Å². The molecule has 1 heterocycles. The summed E-state index contributed by atoms with van der Waals surface area (Å²) in [6.07, 6.45) is 3.41. The quantitative estimate of drug-likeness (QED) is 0.826. The van der Waals surface area contributed by atoms with Gasteiger partial charge in [-0.05, 0) is 32.3 Å². The van der Waals surface area contributed by atoms with E-state index in [-0.39, 0.29) is 6.61 Å². The minimum atomic E-state index is -0.424. The third-order valence-corrected chi connectivity index (χ3v) is 3.20. The van der Waals surface area contributed by atoms with Crippen molar-refractivity contribution in [1.29, 1.82) is 0 Å². The number of hydrogen-bond donors (Lipinski definition) is 1. The monoisotopic (exact) mass is 238 g/mol. The van der Waals surface area contributed by atoms with Crippen molar-refractivity contribution in [2.24, 2.45) is 0 Å². The number of aliphatic hydroxyl groups excluding tert-OH is 1. The summed E-state index contributed by atoms with van der Waals surface area (Å²) in [5, 5.41) is 9.25. The van der Waals surface area contributed by atoms with Crippen LogP contribution in [0.1, 0.15) is 50.7 Å². The molecule has 1 rings (SSSR count). The Balaban J connectivity index is 3.18. The van der Waals surface area contributed by atoms with E-state index in [2.05, 4.69) is 23.8 Å². The smallest absolute Gasteiger partial charge is 0.160 e. The highest BCUT2D eigenvalue weighted by molar-refractivity contribution is 5.17. The van der Waals surface area contributed by atoms with E-state index in [1.165, 1.54) is 0 Å². The minimum Gasteiger partial charge on any atom is -0.390 e. The number of nitrogens with zero attached hydrogens (tertiary/aromatic N) is 2. The maximum atomic E-state index is 9.25. The molecule has 0 saturated heterocycles. The van der Waals surface area contributed by atoms with Gasteiger partial charge >= 0.3 is 0 Å². The second-order valence-corrected chi connectivity index (χ2v) is 4.12. The summed E-state index contributed by atoms with van der Waals surface area (Å²) in [6.45, 7) is 8.59. The molecular weight excluding hydrogens is 216 g/mol. The number of aliphatic hydroxyl groups is 1. The van der Waals surface area contributed by atoms with Crippen LogP contribution in [0.4, 0.5) is 0 Å². The molecule has 0 radical (unpaired) electrons. The zero-order valence-corrected chi connectivity index (χ0v) is 11.2. The number of aromatic nitrogens is 2. The fourth-order valence-electron chi connectivity index (χ4n) is 1.97. The van der Waals surface area contributed by atoms with Crippen molar-refractivity contribution in [2.45, 2.75) is 52.7 Å². The van der Waals surface area contributed by atoms with Gasteiger partial charge < -0.3 is 9.84 Å². The van der Waals surface area contributed by atoms with Crippen molar-refractivity contribution in [3.05, 3.63) is 23.3 Å². The predicted octanol–water partition coefficient (Wildman–Crippen LogP) is 2.33. The van der Waals surface area contributed by atoms with Gasteiger partial charge in [0.25, 0.3) is 0 Å². The first-order valence-electron chi connectivity index (χ1n) is 6.21. The first kappa shape index (κ1) is 14.1. The Morgan fingerprint density at radius 3 is 2.41 bits per heavy atom. The molecule has 1 aromatic heterocycles. The lowest BCUT2D eigenvalue weighted by molar-refractivity contribution is -0.0574. The topological polar surface area (TPSA) is 55.2 Å². The molecule has 0 saturated carbocycles. The van der Waals surface area contributed by atoms with Gasteiger partial charge in [-0.1, -0.05) is 13.8 Å². The molecule has 0 aromatic carbocycles. The molecule has 17 heavy (non-hydrogen) atoms. The highest BCUT2D eigenvalue weighted by Crippen LogP contribution is 2.30. The fraction of sp³-hybridized carbons (Fsp3) is 0.692. The number of ether oxygens (including phenoxy) is 1. The van der Waals surface area contributed by atoms with E-state index in [9.17, 15) is 5.11 Å². The third-order valence-electron chi connectivity index (χ3n) is 3.20. The minimum absolute atomic E-state index is 0.0585. The molecule has 0 bridgehead atoms. The molecule has 4 nitrogen and oxygen atoms in total. The largest absolute Gasteiger partial charge is 0.390 e. The number of hydrogen-bond acceptors (Lipinski definition) is 4. The summed E-state index contributed by atoms with van der Waals surface area (Å²) in [5.74, 6) is 0.680. The van der Waals surface area contributed by atoms with Gasteiger partial charge in [0.2, 0.25) is 0 Å². The van der Waals surface area contributed by atoms with E-state index in [4.69, 9.17) is 4.74 Å². The van der Waals surface area contributed by atoms with Gasteiger partial charge in [-0.15, -0.1) is 0 Å². The van der Waals surface area contributed by atoms with Gasteiger partial charge in [0.05, 0.1) is 12.3 Å². The van der Waals surface area contributed by atoms with Gasteiger partial charge in [-0.3, -0.25) is 0 Å². The molecular formula is C13H22N2O2. The summed E-state index contributed by atoms with van der Waals surface area (Å²) >= 11 is 0. The predicted molar refractivity (Wildman–Crippen MR) is 66.6 cm³/mol. The van der Waals surface area contributed by atoms with E-state index < -0.39 is 5.60 Å². The van der Waals surface area contributed by atoms with Crippen LogP contribution in [0.5, 0.6) is 0 Å². The summed E-state index contributed by atoms with van der Waals surface area (Å²) in [7, 11) is 0. The van der Waals surface area contributed by atoms with Crippen molar-refractivity contribution in [1.82, 2.24) is 9.97 Å². The van der Waals surface area contributed by atoms with Crippen LogP contribution in [0.2, 0.25) is 0 Å². The van der Waals surface area contributed by atoms with E-state index in [1.54, 1.807) is 6.20 Å². The zero-order chi connectivity index (χ0) is 12.9. The molecule has 0 amide bonds. The molecule has 96 valence electrons. The van der Waals surface area contributed by atoms with Crippen LogP contribution in [0.15, 0.2) is 6.20 Å². The van der Waals surface area contributed by atoms with Gasteiger partial charge in [-0.25, -0.2) is 9.97 Å². The van der Waals surface area contributed by atoms with Crippen LogP contribution in [-0.4, -0.2) is 21.7 Å². The van der Waals surface area contributed by atoms with Crippen LogP contribution in [0, 0.1) is 6.92 Å². The first-order chi connectivity index (χ1) is 8.13. The Hall–Kier alpha value is -1.00. The lowest BCUT2D eigenvalue weighted by atomic mass is 9.95. The van der Waals surface area contributed by atoms with Gasteiger partial charge in [0.15, 0.2) is 5.82 Å². The normalized spacial score (nSPS) is 11.8. The molecule has 0 atom stereocenters. The molecule has 0 aliphatic carbocycles. The second-order valence-electron chi connectivity index (χ2n) is 4.12. The molecule has 4 heteroatoms. The molecule has 1 N–H and O–H groups in total. The Labute approximate surface area is 103 Å². The van der Waals surface area contributed by atoms with Crippen molar-refractivity contribution >= 4 is 0 Å². The Kier molecular flexibility index (Phi) is 5.02. The number of rotatable bonds is 6. The standard InChI is InChI=1S/C13H22N2O2/c1-5-13(6-2,17-7-3)12-14-8-10(4)11(9-16)15-12/h8,16H,5-7,9H2,1-4H3. The van der Waals surface area contributed by atoms with Gasteiger partial charge in [0, 0.05) is 12.8 Å². The van der Waals surface area contributed by atoms with Crippen molar-refractivity contribution < 1.29 is 9.84 Å². The fourth-order valence-corrected chi connectivity index (χ4v) is 1.97. The Bertz CT molecular complexity index is 362. The molecule has 0 unspecified atom stereocenters. The number of aryl methyl sites for hydroxylation is 1. The highest BCUT2D eigenvalue weighted by atomic mass is 16.5. The Morgan fingerprint density at radius 2 is 1.94 bits per heavy atom. The highest BCUT2D eigenvalue weighted by Gasteiger charge is 2.32. The lowest BCUT2D eigenvalue weighted by Crippen LogP contribution is -2.31. The van der Waals surface area contributed by atoms with Crippen LogP contribution in [0.3, 0.4) is 0 Å². The molecule has 0 spiro atoms. The van der Waals surface area contributed by atoms with Crippen LogP contribution in [-0.2, 0) is 16.9 Å². The second kappa shape index (κ2) is 6.07. The third kappa shape index (κ3) is 2.82. The lowest BCUT2D eigenvalue weighted by Gasteiger charge is -2.30. The molecule has 0 fully saturated rings.